The Morgan fingerprint density at radius 2 is 1.82 bits per heavy atom. The third kappa shape index (κ3) is 3.74. The van der Waals surface area contributed by atoms with Crippen molar-refractivity contribution in [3.05, 3.63) is 93.2 Å². The van der Waals surface area contributed by atoms with E-state index in [0.29, 0.717) is 46.8 Å². The number of anilines is 2. The lowest BCUT2D eigenvalue weighted by Crippen LogP contribution is -2.63. The van der Waals surface area contributed by atoms with Gasteiger partial charge < -0.3 is 10.6 Å². The smallest absolute Gasteiger partial charge is 0.242 e. The third-order valence-corrected chi connectivity index (χ3v) is 9.13. The van der Waals surface area contributed by atoms with E-state index in [1.807, 2.05) is 0 Å². The zero-order chi connectivity index (χ0) is 27.5. The Bertz CT molecular complexity index is 1520. The first kappa shape index (κ1) is 26.0. The fourth-order valence-electron chi connectivity index (χ4n) is 6.76. The molecule has 3 N–H and O–H groups in total. The first-order chi connectivity index (χ1) is 18.7. The van der Waals surface area contributed by atoms with Crippen LogP contribution in [0.15, 0.2) is 60.7 Å². The Hall–Kier alpha value is -3.26. The molecule has 200 valence electrons. The van der Waals surface area contributed by atoms with Crippen LogP contribution in [0.2, 0.25) is 10.0 Å². The van der Waals surface area contributed by atoms with Crippen LogP contribution in [0.5, 0.6) is 0 Å². The van der Waals surface area contributed by atoms with E-state index in [1.54, 1.807) is 61.5 Å². The van der Waals surface area contributed by atoms with Gasteiger partial charge in [-0.3, -0.25) is 19.7 Å². The number of halogens is 3. The highest BCUT2D eigenvalue weighted by Crippen LogP contribution is 2.64. The van der Waals surface area contributed by atoms with E-state index < -0.39 is 34.6 Å². The van der Waals surface area contributed by atoms with Gasteiger partial charge in [0, 0.05) is 39.8 Å². The van der Waals surface area contributed by atoms with Crippen LogP contribution in [0.4, 0.5) is 15.8 Å². The number of hydrogen-bond acceptors (Lipinski definition) is 4. The topological polar surface area (TPSA) is 87.3 Å². The zero-order valence-electron chi connectivity index (χ0n) is 21.1. The summed E-state index contributed by atoms with van der Waals surface area (Å²) in [5.74, 6) is -2.26. The summed E-state index contributed by atoms with van der Waals surface area (Å²) in [4.78, 5) is 40.1. The number of ketones is 1. The van der Waals surface area contributed by atoms with Gasteiger partial charge in [0.25, 0.3) is 0 Å². The average molecular weight is 566 g/mol. The van der Waals surface area contributed by atoms with E-state index in [1.165, 1.54) is 6.07 Å². The van der Waals surface area contributed by atoms with Gasteiger partial charge in [-0.05, 0) is 72.9 Å². The summed E-state index contributed by atoms with van der Waals surface area (Å²) in [6, 6.07) is 15.6. The van der Waals surface area contributed by atoms with Crippen LogP contribution in [-0.4, -0.2) is 29.2 Å². The standard InChI is InChI=1S/C30H26Cl2FN3O3/c1-2-23(37)16-7-10-18(11-8-16)34-27(38)26-24(19-5-3-6-21(32)25(19)33)30(29(36-26)13-4-14-29)20-12-9-17(31)15-22(20)35-28(30)39/h3,5-12,15,24,26,36H,2,4,13-14H2,1H3,(H,34,38)(H,35,39)/t24-,26+,30+/m0/s1. The molecule has 9 heteroatoms. The first-order valence-electron chi connectivity index (χ1n) is 13.0. The van der Waals surface area contributed by atoms with Crippen LogP contribution in [0.3, 0.4) is 0 Å². The SMILES string of the molecule is CCC(=O)c1ccc(NC(=O)[C@@H]2NC3(CCC3)[C@@]3(C(=O)Nc4cc(Cl)ccc43)[C@H]2c2cccc(Cl)c2F)cc1. The molecule has 0 bridgehead atoms. The van der Waals surface area contributed by atoms with Gasteiger partial charge in [0.1, 0.15) is 11.2 Å². The summed E-state index contributed by atoms with van der Waals surface area (Å²) in [6.07, 6.45) is 2.51. The van der Waals surface area contributed by atoms with Crippen molar-refractivity contribution in [3.63, 3.8) is 0 Å². The van der Waals surface area contributed by atoms with Crippen molar-refractivity contribution < 1.29 is 18.8 Å². The molecular formula is C30H26Cl2FN3O3. The molecule has 3 atom stereocenters. The Morgan fingerprint density at radius 1 is 1.08 bits per heavy atom. The number of benzene rings is 3. The number of rotatable bonds is 5. The molecule has 39 heavy (non-hydrogen) atoms. The number of Topliss-reactive ketones (excluding diaryl/α,β-unsaturated/α-hetero) is 1. The molecule has 3 aromatic rings. The molecule has 1 aliphatic carbocycles. The number of fused-ring (bicyclic) bond motifs is 3. The lowest BCUT2D eigenvalue weighted by atomic mass is 9.53. The highest BCUT2D eigenvalue weighted by Gasteiger charge is 2.74. The van der Waals surface area contributed by atoms with Crippen molar-refractivity contribution in [1.29, 1.82) is 0 Å². The highest BCUT2D eigenvalue weighted by molar-refractivity contribution is 6.31. The van der Waals surface area contributed by atoms with E-state index in [9.17, 15) is 14.4 Å². The van der Waals surface area contributed by atoms with Crippen molar-refractivity contribution >= 4 is 52.2 Å². The van der Waals surface area contributed by atoms with Crippen LogP contribution in [0.25, 0.3) is 0 Å². The number of hydrogen-bond donors (Lipinski definition) is 3. The monoisotopic (exact) mass is 565 g/mol. The molecule has 2 fully saturated rings. The van der Waals surface area contributed by atoms with Gasteiger partial charge in [0.2, 0.25) is 11.8 Å². The molecular weight excluding hydrogens is 540 g/mol. The molecule has 3 aliphatic rings. The molecule has 0 unspecified atom stereocenters. The van der Waals surface area contributed by atoms with E-state index in [-0.39, 0.29) is 22.3 Å². The maximum Gasteiger partial charge on any atom is 0.242 e. The number of amides is 2. The van der Waals surface area contributed by atoms with Crippen LogP contribution < -0.4 is 16.0 Å². The molecule has 3 aromatic carbocycles. The Kier molecular flexibility index (Phi) is 6.29. The van der Waals surface area contributed by atoms with Crippen LogP contribution in [0, 0.1) is 5.82 Å². The molecule has 2 amide bonds. The minimum atomic E-state index is -1.27. The first-order valence-corrected chi connectivity index (χ1v) is 13.7. The molecule has 2 aliphatic heterocycles. The number of carbonyl (C=O) groups excluding carboxylic acids is 3. The van der Waals surface area contributed by atoms with Crippen LogP contribution in [0.1, 0.15) is 60.0 Å². The lowest BCUT2D eigenvalue weighted by molar-refractivity contribution is -0.125. The quantitative estimate of drug-likeness (QED) is 0.320. The Labute approximate surface area is 235 Å². The van der Waals surface area contributed by atoms with E-state index in [2.05, 4.69) is 16.0 Å². The maximum atomic E-state index is 15.8. The summed E-state index contributed by atoms with van der Waals surface area (Å²) >= 11 is 12.5. The summed E-state index contributed by atoms with van der Waals surface area (Å²) in [5.41, 5.74) is 0.452. The lowest BCUT2D eigenvalue weighted by Gasteiger charge is -2.50. The van der Waals surface area contributed by atoms with Crippen molar-refractivity contribution in [2.75, 3.05) is 10.6 Å². The average Bonchev–Trinajstić information content (AvgIpc) is 3.38. The second-order valence-electron chi connectivity index (χ2n) is 10.5. The van der Waals surface area contributed by atoms with Gasteiger partial charge >= 0.3 is 0 Å². The summed E-state index contributed by atoms with van der Waals surface area (Å²) in [7, 11) is 0. The van der Waals surface area contributed by atoms with Gasteiger partial charge in [0.05, 0.1) is 11.1 Å². The predicted octanol–water partition coefficient (Wildman–Crippen LogP) is 6.23. The van der Waals surface area contributed by atoms with Crippen molar-refractivity contribution in [1.82, 2.24) is 5.32 Å². The fraction of sp³-hybridized carbons (Fsp3) is 0.300. The molecule has 2 heterocycles. The normalized spacial score (nSPS) is 24.4. The molecule has 0 aromatic heterocycles. The van der Waals surface area contributed by atoms with Gasteiger partial charge in [-0.15, -0.1) is 0 Å². The van der Waals surface area contributed by atoms with Crippen molar-refractivity contribution in [2.45, 2.75) is 55.5 Å². The fourth-order valence-corrected chi connectivity index (χ4v) is 7.11. The maximum absolute atomic E-state index is 15.8. The van der Waals surface area contributed by atoms with E-state index in [0.717, 1.165) is 6.42 Å². The number of carbonyl (C=O) groups is 3. The van der Waals surface area contributed by atoms with Crippen LogP contribution in [-0.2, 0) is 15.0 Å². The molecule has 0 radical (unpaired) electrons. The Balaban J connectivity index is 1.49. The summed E-state index contributed by atoms with van der Waals surface area (Å²) < 4.78 is 15.8. The van der Waals surface area contributed by atoms with Crippen molar-refractivity contribution in [3.8, 4) is 0 Å². The zero-order valence-corrected chi connectivity index (χ0v) is 22.6. The third-order valence-electron chi connectivity index (χ3n) is 8.60. The second-order valence-corrected chi connectivity index (χ2v) is 11.3. The number of nitrogens with one attached hydrogen (secondary N) is 3. The Morgan fingerprint density at radius 3 is 2.49 bits per heavy atom. The van der Waals surface area contributed by atoms with Gasteiger partial charge in [-0.25, -0.2) is 4.39 Å². The minimum Gasteiger partial charge on any atom is -0.325 e. The predicted molar refractivity (Wildman–Crippen MR) is 149 cm³/mol. The second kappa shape index (κ2) is 9.44. The van der Waals surface area contributed by atoms with Gasteiger partial charge in [-0.2, -0.15) is 0 Å². The van der Waals surface area contributed by atoms with Gasteiger partial charge in [0.15, 0.2) is 5.78 Å². The van der Waals surface area contributed by atoms with Gasteiger partial charge in [-0.1, -0.05) is 48.3 Å². The molecule has 1 saturated heterocycles. The van der Waals surface area contributed by atoms with E-state index >= 15 is 4.39 Å². The molecule has 6 nitrogen and oxygen atoms in total. The highest BCUT2D eigenvalue weighted by atomic mass is 35.5. The summed E-state index contributed by atoms with van der Waals surface area (Å²) in [5, 5.41) is 9.79. The van der Waals surface area contributed by atoms with Crippen LogP contribution >= 0.6 is 23.2 Å². The summed E-state index contributed by atoms with van der Waals surface area (Å²) in [6.45, 7) is 1.79. The molecule has 6 rings (SSSR count). The van der Waals surface area contributed by atoms with Crippen molar-refractivity contribution in [2.24, 2.45) is 0 Å². The molecule has 1 saturated carbocycles. The van der Waals surface area contributed by atoms with E-state index in [4.69, 9.17) is 23.2 Å². The largest absolute Gasteiger partial charge is 0.325 e. The molecule has 2 spiro atoms. The minimum absolute atomic E-state index is 0.00159.